The minimum atomic E-state index is -0.249. The van der Waals surface area contributed by atoms with Gasteiger partial charge >= 0.3 is 0 Å². The van der Waals surface area contributed by atoms with Crippen molar-refractivity contribution in [3.8, 4) is 29.0 Å². The Morgan fingerprint density at radius 2 is 1.93 bits per heavy atom. The number of aromatic nitrogens is 2. The summed E-state index contributed by atoms with van der Waals surface area (Å²) < 4.78 is 10.7. The van der Waals surface area contributed by atoms with Crippen LogP contribution in [0.5, 0.6) is 5.75 Å². The van der Waals surface area contributed by atoms with Crippen LogP contribution in [0, 0.1) is 11.8 Å². The molecule has 2 heterocycles. The molecule has 1 aliphatic heterocycles. The summed E-state index contributed by atoms with van der Waals surface area (Å²) in [6.45, 7) is 0.632. The van der Waals surface area contributed by atoms with Gasteiger partial charge in [0.05, 0.1) is 7.11 Å². The van der Waals surface area contributed by atoms with Crippen molar-refractivity contribution in [2.24, 2.45) is 0 Å². The molecule has 3 aromatic rings. The average molecular weight is 387 g/mol. The first kappa shape index (κ1) is 18.8. The number of hydrogen-bond acceptors (Lipinski definition) is 5. The second-order valence-corrected chi connectivity index (χ2v) is 6.81. The minimum Gasteiger partial charge on any atom is -0.497 e. The van der Waals surface area contributed by atoms with E-state index in [1.807, 2.05) is 54.6 Å². The monoisotopic (exact) mass is 387 g/mol. The zero-order valence-electron chi connectivity index (χ0n) is 16.2. The van der Waals surface area contributed by atoms with E-state index < -0.39 is 0 Å². The van der Waals surface area contributed by atoms with Crippen LogP contribution >= 0.6 is 0 Å². The van der Waals surface area contributed by atoms with Crippen molar-refractivity contribution < 1.29 is 14.1 Å². The van der Waals surface area contributed by atoms with Gasteiger partial charge in [-0.25, -0.2) is 0 Å². The van der Waals surface area contributed by atoms with E-state index >= 15 is 0 Å². The van der Waals surface area contributed by atoms with Crippen molar-refractivity contribution >= 4 is 5.91 Å². The van der Waals surface area contributed by atoms with Gasteiger partial charge in [-0.15, -0.1) is 0 Å². The Morgan fingerprint density at radius 1 is 1.14 bits per heavy atom. The first-order chi connectivity index (χ1) is 14.2. The van der Waals surface area contributed by atoms with Crippen LogP contribution in [0.4, 0.5) is 0 Å². The maximum Gasteiger partial charge on any atom is 0.299 e. The summed E-state index contributed by atoms with van der Waals surface area (Å²) in [5, 5.41) is 4.10. The smallest absolute Gasteiger partial charge is 0.299 e. The van der Waals surface area contributed by atoms with E-state index in [4.69, 9.17) is 9.26 Å². The molecule has 0 aliphatic carbocycles. The predicted molar refractivity (Wildman–Crippen MR) is 108 cm³/mol. The lowest BCUT2D eigenvalue weighted by atomic mass is 10.0. The molecule has 1 fully saturated rings. The van der Waals surface area contributed by atoms with Crippen LogP contribution in [0.25, 0.3) is 11.4 Å². The number of nitrogens with zero attached hydrogens (tertiary/aromatic N) is 3. The third-order valence-electron chi connectivity index (χ3n) is 4.93. The summed E-state index contributed by atoms with van der Waals surface area (Å²) in [6.07, 6.45) is 2.72. The van der Waals surface area contributed by atoms with Crippen molar-refractivity contribution in [2.75, 3.05) is 13.7 Å². The van der Waals surface area contributed by atoms with Gasteiger partial charge in [-0.1, -0.05) is 29.3 Å². The molecule has 146 valence electrons. The van der Waals surface area contributed by atoms with Crippen molar-refractivity contribution in [2.45, 2.75) is 25.3 Å². The van der Waals surface area contributed by atoms with Crippen LogP contribution in [-0.2, 0) is 4.79 Å². The maximum absolute atomic E-state index is 12.8. The number of hydrogen-bond donors (Lipinski definition) is 0. The summed E-state index contributed by atoms with van der Waals surface area (Å²) >= 11 is 0. The molecule has 0 N–H and O–H groups in total. The molecule has 1 atom stereocenters. The van der Waals surface area contributed by atoms with Gasteiger partial charge in [-0.05, 0) is 55.7 Å². The zero-order chi connectivity index (χ0) is 20.1. The first-order valence-corrected chi connectivity index (χ1v) is 9.60. The SMILES string of the molecule is COc1ccc(-c2noc([C@H]3CCCCN3C(=O)C#Cc3ccccc3)n2)cc1. The normalized spacial score (nSPS) is 16.0. The van der Waals surface area contributed by atoms with Gasteiger partial charge < -0.3 is 14.2 Å². The van der Waals surface area contributed by atoms with Gasteiger partial charge in [-0.3, -0.25) is 4.79 Å². The molecule has 6 nitrogen and oxygen atoms in total. The van der Waals surface area contributed by atoms with E-state index in [-0.39, 0.29) is 11.9 Å². The Labute approximate surface area is 169 Å². The molecule has 29 heavy (non-hydrogen) atoms. The number of carbonyl (C=O) groups is 1. The highest BCUT2D eigenvalue weighted by Gasteiger charge is 2.31. The molecule has 1 saturated heterocycles. The maximum atomic E-state index is 12.8. The summed E-state index contributed by atoms with van der Waals surface area (Å²) in [4.78, 5) is 19.0. The van der Waals surface area contributed by atoms with Gasteiger partial charge in [0.2, 0.25) is 11.7 Å². The largest absolute Gasteiger partial charge is 0.497 e. The molecule has 2 aromatic carbocycles. The number of ether oxygens (including phenoxy) is 1. The molecule has 1 aliphatic rings. The van der Waals surface area contributed by atoms with Crippen molar-refractivity contribution in [3.05, 3.63) is 66.1 Å². The molecule has 0 saturated carbocycles. The predicted octanol–water partition coefficient (Wildman–Crippen LogP) is 3.85. The van der Waals surface area contributed by atoms with Crippen LogP contribution in [0.3, 0.4) is 0 Å². The number of methoxy groups -OCH3 is 1. The summed E-state index contributed by atoms with van der Waals surface area (Å²) in [7, 11) is 1.62. The zero-order valence-corrected chi connectivity index (χ0v) is 16.2. The standard InChI is InChI=1S/C23H21N3O3/c1-28-19-13-11-18(12-14-19)22-24-23(29-25-22)20-9-5-6-16-26(20)21(27)15-10-17-7-3-2-4-8-17/h2-4,7-8,11-14,20H,5-6,9,16H2,1H3/t20-/m1/s1. The van der Waals surface area contributed by atoms with Crippen LogP contribution in [0.2, 0.25) is 0 Å². The molecule has 0 bridgehead atoms. The number of carbonyl (C=O) groups excluding carboxylic acids is 1. The molecular weight excluding hydrogens is 366 g/mol. The number of amides is 1. The summed E-state index contributed by atoms with van der Waals surface area (Å²) in [6, 6.07) is 16.7. The minimum absolute atomic E-state index is 0.220. The second kappa shape index (κ2) is 8.61. The van der Waals surface area contributed by atoms with Crippen LogP contribution in [0.1, 0.15) is 36.8 Å². The van der Waals surface area contributed by atoms with Crippen LogP contribution in [0.15, 0.2) is 59.1 Å². The Morgan fingerprint density at radius 3 is 2.69 bits per heavy atom. The van der Waals surface area contributed by atoms with Gasteiger partial charge in [-0.2, -0.15) is 4.98 Å². The van der Waals surface area contributed by atoms with Crippen LogP contribution < -0.4 is 4.74 Å². The highest BCUT2D eigenvalue weighted by Crippen LogP contribution is 2.31. The van der Waals surface area contributed by atoms with Gasteiger partial charge in [0.15, 0.2) is 0 Å². The Kier molecular flexibility index (Phi) is 5.57. The number of piperidine rings is 1. The molecule has 0 unspecified atom stereocenters. The lowest BCUT2D eigenvalue weighted by molar-refractivity contribution is -0.129. The second-order valence-electron chi connectivity index (χ2n) is 6.81. The Bertz CT molecular complexity index is 1030. The summed E-state index contributed by atoms with van der Waals surface area (Å²) in [5.74, 6) is 7.18. The molecule has 0 spiro atoms. The quantitative estimate of drug-likeness (QED) is 0.639. The van der Waals surface area contributed by atoms with Gasteiger partial charge in [0.25, 0.3) is 5.91 Å². The molecular formula is C23H21N3O3. The highest BCUT2D eigenvalue weighted by molar-refractivity contribution is 5.94. The van der Waals surface area contributed by atoms with E-state index in [1.165, 1.54) is 0 Å². The fraction of sp³-hybridized carbons (Fsp3) is 0.261. The van der Waals surface area contributed by atoms with Crippen molar-refractivity contribution in [1.82, 2.24) is 15.0 Å². The van der Waals surface area contributed by atoms with E-state index in [0.717, 1.165) is 36.1 Å². The lowest BCUT2D eigenvalue weighted by Gasteiger charge is -2.31. The van der Waals surface area contributed by atoms with Crippen LogP contribution in [-0.4, -0.2) is 34.6 Å². The molecule has 6 heteroatoms. The van der Waals surface area contributed by atoms with Crippen molar-refractivity contribution in [1.29, 1.82) is 0 Å². The number of benzene rings is 2. The topological polar surface area (TPSA) is 68.5 Å². The number of likely N-dealkylation sites (tertiary alicyclic amines) is 1. The van der Waals surface area contributed by atoms with Crippen molar-refractivity contribution in [3.63, 3.8) is 0 Å². The Balaban J connectivity index is 1.54. The molecule has 4 rings (SSSR count). The van der Waals surface area contributed by atoms with Gasteiger partial charge in [0.1, 0.15) is 11.8 Å². The van der Waals surface area contributed by atoms with E-state index in [9.17, 15) is 4.79 Å². The molecule has 0 radical (unpaired) electrons. The summed E-state index contributed by atoms with van der Waals surface area (Å²) in [5.41, 5.74) is 1.65. The number of rotatable bonds is 3. The lowest BCUT2D eigenvalue weighted by Crippen LogP contribution is -2.37. The highest BCUT2D eigenvalue weighted by atomic mass is 16.5. The fourth-order valence-electron chi connectivity index (χ4n) is 3.38. The first-order valence-electron chi connectivity index (χ1n) is 9.60. The fourth-order valence-corrected chi connectivity index (χ4v) is 3.38. The molecule has 1 amide bonds. The van der Waals surface area contributed by atoms with E-state index in [0.29, 0.717) is 18.3 Å². The molecule has 1 aromatic heterocycles. The van der Waals surface area contributed by atoms with E-state index in [2.05, 4.69) is 22.0 Å². The third-order valence-corrected chi connectivity index (χ3v) is 4.93. The average Bonchev–Trinajstić information content (AvgIpc) is 3.28. The van der Waals surface area contributed by atoms with E-state index in [1.54, 1.807) is 12.0 Å². The van der Waals surface area contributed by atoms with Gasteiger partial charge in [0, 0.05) is 23.6 Å². The third kappa shape index (κ3) is 4.30. The Hall–Kier alpha value is -3.59.